The predicted octanol–water partition coefficient (Wildman–Crippen LogP) is 1.74. The van der Waals surface area contributed by atoms with Crippen molar-refractivity contribution in [3.8, 4) is 0 Å². The van der Waals surface area contributed by atoms with E-state index in [1.54, 1.807) is 13.4 Å². The summed E-state index contributed by atoms with van der Waals surface area (Å²) in [5.74, 6) is -0.688. The SMILES string of the molecule is COC(=O)C1CC(N(C[C@@H](OC)[C@H]2OC(C)(C)O[C@H]2n2cnc3c(N)ncnc32)C(C)C)C1. The molecule has 2 aromatic heterocycles. The molecule has 1 saturated carbocycles. The number of anilines is 1. The molecule has 2 fully saturated rings. The summed E-state index contributed by atoms with van der Waals surface area (Å²) in [7, 11) is 3.12. The van der Waals surface area contributed by atoms with Gasteiger partial charge in [-0.1, -0.05) is 0 Å². The zero-order chi connectivity index (χ0) is 23.9. The number of aromatic nitrogens is 4. The van der Waals surface area contributed by atoms with Crippen molar-refractivity contribution in [2.24, 2.45) is 5.92 Å². The van der Waals surface area contributed by atoms with Gasteiger partial charge in [0.25, 0.3) is 0 Å². The zero-order valence-electron chi connectivity index (χ0n) is 20.1. The van der Waals surface area contributed by atoms with Gasteiger partial charge in [0.2, 0.25) is 0 Å². The highest BCUT2D eigenvalue weighted by Crippen LogP contribution is 2.40. The maximum Gasteiger partial charge on any atom is 0.308 e. The third-order valence-electron chi connectivity index (χ3n) is 6.61. The lowest BCUT2D eigenvalue weighted by molar-refractivity contribution is -0.164. The summed E-state index contributed by atoms with van der Waals surface area (Å²) in [4.78, 5) is 27.0. The highest BCUT2D eigenvalue weighted by atomic mass is 16.8. The minimum Gasteiger partial charge on any atom is -0.469 e. The molecule has 3 atom stereocenters. The molecule has 11 nitrogen and oxygen atoms in total. The maximum atomic E-state index is 11.9. The molecule has 1 saturated heterocycles. The fraction of sp³-hybridized carbons (Fsp3) is 0.727. The largest absolute Gasteiger partial charge is 0.469 e. The fourth-order valence-corrected chi connectivity index (χ4v) is 4.82. The first-order valence-electron chi connectivity index (χ1n) is 11.3. The number of imidazole rings is 1. The molecule has 0 radical (unpaired) electrons. The Hall–Kier alpha value is -2.34. The Bertz CT molecular complexity index is 989. The lowest BCUT2D eigenvalue weighted by Gasteiger charge is -2.45. The number of nitrogens with two attached hydrogens (primary N) is 1. The predicted molar refractivity (Wildman–Crippen MR) is 120 cm³/mol. The van der Waals surface area contributed by atoms with Crippen LogP contribution in [0.15, 0.2) is 12.7 Å². The van der Waals surface area contributed by atoms with E-state index in [4.69, 9.17) is 24.7 Å². The molecule has 11 heteroatoms. The van der Waals surface area contributed by atoms with Gasteiger partial charge in [0.1, 0.15) is 24.1 Å². The summed E-state index contributed by atoms with van der Waals surface area (Å²) in [6, 6.07) is 0.545. The van der Waals surface area contributed by atoms with Crippen LogP contribution in [0.25, 0.3) is 11.2 Å². The summed E-state index contributed by atoms with van der Waals surface area (Å²) >= 11 is 0. The molecule has 2 aliphatic rings. The van der Waals surface area contributed by atoms with Crippen molar-refractivity contribution in [1.29, 1.82) is 0 Å². The van der Waals surface area contributed by atoms with Crippen molar-refractivity contribution in [3.63, 3.8) is 0 Å². The van der Waals surface area contributed by atoms with Crippen LogP contribution in [0, 0.1) is 5.92 Å². The van der Waals surface area contributed by atoms with Crippen molar-refractivity contribution < 1.29 is 23.7 Å². The van der Waals surface area contributed by atoms with Crippen LogP contribution in [0.5, 0.6) is 0 Å². The molecule has 0 amide bonds. The Balaban J connectivity index is 1.57. The molecule has 33 heavy (non-hydrogen) atoms. The van der Waals surface area contributed by atoms with Gasteiger partial charge in [-0.05, 0) is 40.5 Å². The first-order valence-corrected chi connectivity index (χ1v) is 11.3. The standard InChI is InChI=1S/C22H34N6O5/c1-12(2)27(14-7-13(8-14)21(29)31-6)9-15(30-5)17-20(33-22(3,4)32-17)28-11-26-16-18(23)24-10-25-19(16)28/h10-15,17,20H,7-9H2,1-6H3,(H2,23,24,25)/t13?,14?,15-,17-,20-/m1/s1. The molecule has 3 heterocycles. The molecular weight excluding hydrogens is 428 g/mol. The number of rotatable bonds is 8. The lowest BCUT2D eigenvalue weighted by atomic mass is 9.78. The van der Waals surface area contributed by atoms with Gasteiger partial charge >= 0.3 is 5.97 Å². The Kier molecular flexibility index (Phi) is 6.59. The first-order chi connectivity index (χ1) is 15.6. The van der Waals surface area contributed by atoms with Gasteiger partial charge in [0.15, 0.2) is 23.5 Å². The van der Waals surface area contributed by atoms with Gasteiger partial charge in [-0.25, -0.2) is 15.0 Å². The number of methoxy groups -OCH3 is 2. The normalized spacial score (nSPS) is 27.8. The van der Waals surface area contributed by atoms with E-state index in [9.17, 15) is 4.79 Å². The second-order valence-electron chi connectivity index (χ2n) is 9.48. The monoisotopic (exact) mass is 462 g/mol. The van der Waals surface area contributed by atoms with Crippen LogP contribution in [-0.4, -0.2) is 81.2 Å². The molecule has 182 valence electrons. The number of carbonyl (C=O) groups excluding carboxylic acids is 1. The van der Waals surface area contributed by atoms with Crippen LogP contribution in [0.2, 0.25) is 0 Å². The highest BCUT2D eigenvalue weighted by molar-refractivity contribution is 5.81. The van der Waals surface area contributed by atoms with Gasteiger partial charge in [-0.2, -0.15) is 0 Å². The third kappa shape index (κ3) is 4.54. The van der Waals surface area contributed by atoms with Crippen LogP contribution in [-0.2, 0) is 23.7 Å². The van der Waals surface area contributed by atoms with Crippen molar-refractivity contribution in [1.82, 2.24) is 24.4 Å². The molecule has 0 aromatic carbocycles. The van der Waals surface area contributed by atoms with E-state index in [0.29, 0.717) is 23.5 Å². The van der Waals surface area contributed by atoms with E-state index < -0.39 is 18.1 Å². The van der Waals surface area contributed by atoms with Gasteiger partial charge in [-0.3, -0.25) is 14.3 Å². The number of hydrogen-bond acceptors (Lipinski definition) is 10. The molecule has 0 spiro atoms. The van der Waals surface area contributed by atoms with Crippen molar-refractivity contribution in [2.45, 2.75) is 76.8 Å². The van der Waals surface area contributed by atoms with Gasteiger partial charge < -0.3 is 24.7 Å². The van der Waals surface area contributed by atoms with E-state index >= 15 is 0 Å². The fourth-order valence-electron chi connectivity index (χ4n) is 4.82. The topological polar surface area (TPSA) is 127 Å². The number of hydrogen-bond donors (Lipinski definition) is 1. The molecule has 4 rings (SSSR count). The third-order valence-corrected chi connectivity index (χ3v) is 6.61. The summed E-state index contributed by atoms with van der Waals surface area (Å²) in [5, 5.41) is 0. The number of ether oxygens (including phenoxy) is 4. The second kappa shape index (κ2) is 9.13. The second-order valence-corrected chi connectivity index (χ2v) is 9.48. The number of nitrogens with zero attached hydrogens (tertiary/aromatic N) is 5. The Morgan fingerprint density at radius 1 is 1.27 bits per heavy atom. The zero-order valence-corrected chi connectivity index (χ0v) is 20.1. The minimum absolute atomic E-state index is 0.0394. The molecule has 0 bridgehead atoms. The van der Waals surface area contributed by atoms with E-state index in [2.05, 4.69) is 33.7 Å². The van der Waals surface area contributed by atoms with Crippen LogP contribution in [0.1, 0.15) is 46.8 Å². The van der Waals surface area contributed by atoms with Crippen molar-refractivity contribution in [3.05, 3.63) is 12.7 Å². The summed E-state index contributed by atoms with van der Waals surface area (Å²) in [6.07, 6.45) is 3.39. The summed E-state index contributed by atoms with van der Waals surface area (Å²) in [6.45, 7) is 8.67. The van der Waals surface area contributed by atoms with E-state index in [0.717, 1.165) is 12.8 Å². The number of nitrogen functional groups attached to an aromatic ring is 1. The van der Waals surface area contributed by atoms with E-state index in [-0.39, 0.29) is 30.1 Å². The van der Waals surface area contributed by atoms with Gasteiger partial charge in [-0.15, -0.1) is 0 Å². The Morgan fingerprint density at radius 3 is 2.64 bits per heavy atom. The smallest absolute Gasteiger partial charge is 0.308 e. The highest BCUT2D eigenvalue weighted by Gasteiger charge is 2.49. The van der Waals surface area contributed by atoms with E-state index in [1.165, 1.54) is 13.4 Å². The average Bonchev–Trinajstić information content (AvgIpc) is 3.30. The van der Waals surface area contributed by atoms with Crippen molar-refractivity contribution in [2.75, 3.05) is 26.5 Å². The van der Waals surface area contributed by atoms with Crippen LogP contribution in [0.4, 0.5) is 5.82 Å². The number of fused-ring (bicyclic) bond motifs is 1. The van der Waals surface area contributed by atoms with Gasteiger partial charge in [0.05, 0.1) is 19.4 Å². The lowest BCUT2D eigenvalue weighted by Crippen LogP contribution is -2.54. The molecule has 2 aromatic rings. The minimum atomic E-state index is -0.823. The molecule has 2 N–H and O–H groups in total. The molecule has 1 aliphatic carbocycles. The Morgan fingerprint density at radius 2 is 2.00 bits per heavy atom. The molecule has 0 unspecified atom stereocenters. The van der Waals surface area contributed by atoms with Crippen molar-refractivity contribution >= 4 is 23.0 Å². The molecule has 1 aliphatic heterocycles. The number of carbonyl (C=O) groups is 1. The first kappa shape index (κ1) is 23.8. The van der Waals surface area contributed by atoms with Gasteiger partial charge in [0, 0.05) is 25.7 Å². The molecular formula is C22H34N6O5. The van der Waals surface area contributed by atoms with Crippen LogP contribution >= 0.6 is 0 Å². The summed E-state index contributed by atoms with van der Waals surface area (Å²) < 4.78 is 25.3. The Labute approximate surface area is 193 Å². The summed E-state index contributed by atoms with van der Waals surface area (Å²) in [5.41, 5.74) is 7.07. The van der Waals surface area contributed by atoms with E-state index in [1.807, 2.05) is 18.4 Å². The number of esters is 1. The quantitative estimate of drug-likeness (QED) is 0.579. The van der Waals surface area contributed by atoms with Crippen LogP contribution < -0.4 is 5.73 Å². The maximum absolute atomic E-state index is 11.9. The average molecular weight is 463 g/mol. The van der Waals surface area contributed by atoms with Crippen LogP contribution in [0.3, 0.4) is 0 Å².